The Hall–Kier alpha value is -2.30. The molecule has 1 fully saturated rings. The topological polar surface area (TPSA) is 67.4 Å². The molecule has 5 nitrogen and oxygen atoms in total. The summed E-state index contributed by atoms with van der Waals surface area (Å²) < 4.78 is 5.78. The van der Waals surface area contributed by atoms with E-state index in [1.165, 1.54) is 0 Å². The molecule has 1 atom stereocenters. The zero-order valence-electron chi connectivity index (χ0n) is 14.0. The highest BCUT2D eigenvalue weighted by Crippen LogP contribution is 2.45. The van der Waals surface area contributed by atoms with Crippen LogP contribution in [-0.2, 0) is 4.79 Å². The molecule has 1 aromatic carbocycles. The third-order valence-electron chi connectivity index (χ3n) is 4.78. The summed E-state index contributed by atoms with van der Waals surface area (Å²) in [5.41, 5.74) is 0.489. The van der Waals surface area contributed by atoms with Crippen molar-refractivity contribution in [2.24, 2.45) is 5.41 Å². The molecule has 1 heterocycles. The Balaban J connectivity index is 1.81. The van der Waals surface area contributed by atoms with Gasteiger partial charge in [-0.2, -0.15) is 0 Å². The molecule has 1 aliphatic heterocycles. The van der Waals surface area contributed by atoms with Gasteiger partial charge in [-0.25, -0.2) is 0 Å². The molecule has 0 aromatic heterocycles. The average Bonchev–Trinajstić information content (AvgIpc) is 2.54. The first kappa shape index (κ1) is 16.6. The summed E-state index contributed by atoms with van der Waals surface area (Å²) in [7, 11) is 0. The maximum atomic E-state index is 12.4. The third kappa shape index (κ3) is 3.78. The molecular weight excluding hydrogens is 304 g/mol. The van der Waals surface area contributed by atoms with Crippen LogP contribution in [0.25, 0.3) is 0 Å². The van der Waals surface area contributed by atoms with Gasteiger partial charge in [0.15, 0.2) is 0 Å². The first-order valence-electron chi connectivity index (χ1n) is 8.55. The van der Waals surface area contributed by atoms with Crippen LogP contribution in [0.4, 0.5) is 0 Å². The van der Waals surface area contributed by atoms with E-state index in [2.05, 4.69) is 16.7 Å². The SMILES string of the molecule is C[C@H]1CNC(=O)CC2(/C=C/COc3ccccc3C(=O)N1)CCC2. The second kappa shape index (κ2) is 7.07. The van der Waals surface area contributed by atoms with E-state index < -0.39 is 0 Å². The van der Waals surface area contributed by atoms with Crippen molar-refractivity contribution < 1.29 is 14.3 Å². The highest BCUT2D eigenvalue weighted by atomic mass is 16.5. The van der Waals surface area contributed by atoms with Gasteiger partial charge in [0, 0.05) is 19.0 Å². The summed E-state index contributed by atoms with van der Waals surface area (Å²) in [5.74, 6) is 0.429. The standard InChI is InChI=1S/C19H24N2O3/c1-14-13-20-17(22)12-19(8-4-9-19)10-5-11-24-16-7-3-2-6-15(16)18(23)21-14/h2-3,5-7,10,14H,4,8-9,11-13H2,1H3,(H,20,22)(H,21,23)/b10-5+/t14-/m0/s1. The summed E-state index contributed by atoms with van der Waals surface area (Å²) in [5, 5.41) is 5.84. The van der Waals surface area contributed by atoms with Gasteiger partial charge in [0.05, 0.1) is 5.56 Å². The molecule has 2 aliphatic rings. The summed E-state index contributed by atoms with van der Waals surface area (Å²) in [6.45, 7) is 2.70. The van der Waals surface area contributed by atoms with Gasteiger partial charge >= 0.3 is 0 Å². The maximum Gasteiger partial charge on any atom is 0.255 e. The molecule has 1 spiro atoms. The Labute approximate surface area is 142 Å². The second-order valence-electron chi connectivity index (χ2n) is 6.78. The normalized spacial score (nSPS) is 25.3. The number of allylic oxidation sites excluding steroid dienone is 1. The number of fused-ring (bicyclic) bond motifs is 1. The predicted octanol–water partition coefficient (Wildman–Crippen LogP) is 2.43. The molecule has 24 heavy (non-hydrogen) atoms. The van der Waals surface area contributed by atoms with Crippen LogP contribution in [0.2, 0.25) is 0 Å². The van der Waals surface area contributed by atoms with Gasteiger partial charge in [-0.15, -0.1) is 0 Å². The van der Waals surface area contributed by atoms with E-state index in [1.54, 1.807) is 12.1 Å². The van der Waals surface area contributed by atoms with Crippen molar-refractivity contribution >= 4 is 11.8 Å². The van der Waals surface area contributed by atoms with Crippen LogP contribution >= 0.6 is 0 Å². The van der Waals surface area contributed by atoms with Gasteiger partial charge in [0.1, 0.15) is 12.4 Å². The van der Waals surface area contributed by atoms with E-state index in [4.69, 9.17) is 4.74 Å². The number of para-hydroxylation sites is 1. The Kier molecular flexibility index (Phi) is 4.88. The average molecular weight is 328 g/mol. The zero-order chi connectivity index (χ0) is 17.0. The van der Waals surface area contributed by atoms with Gasteiger partial charge in [-0.3, -0.25) is 9.59 Å². The van der Waals surface area contributed by atoms with E-state index in [-0.39, 0.29) is 23.3 Å². The number of carbonyl (C=O) groups is 2. The van der Waals surface area contributed by atoms with Crippen molar-refractivity contribution in [3.63, 3.8) is 0 Å². The number of carbonyl (C=O) groups excluding carboxylic acids is 2. The van der Waals surface area contributed by atoms with Crippen LogP contribution in [-0.4, -0.2) is 31.0 Å². The van der Waals surface area contributed by atoms with Crippen molar-refractivity contribution in [2.45, 2.75) is 38.6 Å². The summed E-state index contributed by atoms with van der Waals surface area (Å²) in [6.07, 6.45) is 7.83. The second-order valence-corrected chi connectivity index (χ2v) is 6.78. The lowest BCUT2D eigenvalue weighted by atomic mass is 9.66. The van der Waals surface area contributed by atoms with E-state index in [9.17, 15) is 9.59 Å². The van der Waals surface area contributed by atoms with Crippen molar-refractivity contribution in [1.29, 1.82) is 0 Å². The molecule has 1 saturated carbocycles. The molecule has 0 bridgehead atoms. The van der Waals surface area contributed by atoms with Crippen LogP contribution < -0.4 is 15.4 Å². The Bertz CT molecular complexity index is 650. The Morgan fingerprint density at radius 3 is 2.75 bits per heavy atom. The minimum Gasteiger partial charge on any atom is -0.489 e. The Morgan fingerprint density at radius 1 is 1.21 bits per heavy atom. The summed E-state index contributed by atoms with van der Waals surface area (Å²) in [4.78, 5) is 24.6. The fourth-order valence-electron chi connectivity index (χ4n) is 3.25. The molecule has 3 rings (SSSR count). The van der Waals surface area contributed by atoms with Crippen LogP contribution in [0.5, 0.6) is 5.75 Å². The molecule has 0 unspecified atom stereocenters. The first-order valence-corrected chi connectivity index (χ1v) is 8.55. The fourth-order valence-corrected chi connectivity index (χ4v) is 3.25. The summed E-state index contributed by atoms with van der Waals surface area (Å²) >= 11 is 0. The molecule has 1 aliphatic carbocycles. The van der Waals surface area contributed by atoms with Crippen LogP contribution in [0.3, 0.4) is 0 Å². The highest BCUT2D eigenvalue weighted by Gasteiger charge is 2.36. The molecule has 2 N–H and O–H groups in total. The molecule has 0 saturated heterocycles. The van der Waals surface area contributed by atoms with Gasteiger partial charge < -0.3 is 15.4 Å². The lowest BCUT2D eigenvalue weighted by Crippen LogP contribution is -2.43. The van der Waals surface area contributed by atoms with E-state index in [0.29, 0.717) is 30.9 Å². The van der Waals surface area contributed by atoms with Crippen molar-refractivity contribution in [2.75, 3.05) is 13.2 Å². The third-order valence-corrected chi connectivity index (χ3v) is 4.78. The molecule has 128 valence electrons. The number of hydrogen-bond donors (Lipinski definition) is 2. The monoisotopic (exact) mass is 328 g/mol. The quantitative estimate of drug-likeness (QED) is 0.719. The summed E-state index contributed by atoms with van der Waals surface area (Å²) in [6, 6.07) is 7.08. The van der Waals surface area contributed by atoms with Gasteiger partial charge in [-0.05, 0) is 37.3 Å². The van der Waals surface area contributed by atoms with Crippen molar-refractivity contribution in [3.8, 4) is 5.75 Å². The fraction of sp³-hybridized carbons (Fsp3) is 0.474. The molecule has 1 aromatic rings. The largest absolute Gasteiger partial charge is 0.489 e. The lowest BCUT2D eigenvalue weighted by Gasteiger charge is -2.39. The number of benzene rings is 1. The van der Waals surface area contributed by atoms with E-state index >= 15 is 0 Å². The number of ether oxygens (including phenoxy) is 1. The van der Waals surface area contributed by atoms with Crippen molar-refractivity contribution in [3.05, 3.63) is 42.0 Å². The molecule has 0 radical (unpaired) electrons. The van der Waals surface area contributed by atoms with Crippen LogP contribution in [0.1, 0.15) is 43.0 Å². The minimum absolute atomic E-state index is 0.0242. The Morgan fingerprint density at radius 2 is 2.00 bits per heavy atom. The van der Waals surface area contributed by atoms with Gasteiger partial charge in [0.25, 0.3) is 5.91 Å². The molecule has 2 amide bonds. The lowest BCUT2D eigenvalue weighted by molar-refractivity contribution is -0.123. The van der Waals surface area contributed by atoms with E-state index in [0.717, 1.165) is 19.3 Å². The smallest absolute Gasteiger partial charge is 0.255 e. The predicted molar refractivity (Wildman–Crippen MR) is 91.9 cm³/mol. The maximum absolute atomic E-state index is 12.4. The molecular formula is C19H24N2O3. The van der Waals surface area contributed by atoms with E-state index in [1.807, 2.05) is 25.1 Å². The van der Waals surface area contributed by atoms with Gasteiger partial charge in [0.2, 0.25) is 5.91 Å². The highest BCUT2D eigenvalue weighted by molar-refractivity contribution is 5.97. The molecule has 5 heteroatoms. The van der Waals surface area contributed by atoms with Crippen LogP contribution in [0, 0.1) is 5.41 Å². The number of amides is 2. The number of hydrogen-bond acceptors (Lipinski definition) is 3. The zero-order valence-corrected chi connectivity index (χ0v) is 14.0. The first-order chi connectivity index (χ1) is 11.6. The number of nitrogens with one attached hydrogen (secondary N) is 2. The minimum atomic E-state index is -0.191. The van der Waals surface area contributed by atoms with Crippen molar-refractivity contribution in [1.82, 2.24) is 10.6 Å². The van der Waals surface area contributed by atoms with Gasteiger partial charge in [-0.1, -0.05) is 30.7 Å². The van der Waals surface area contributed by atoms with Crippen LogP contribution in [0.15, 0.2) is 36.4 Å². The number of rotatable bonds is 0.